The molecule has 2 aromatic rings. The van der Waals surface area contributed by atoms with Crippen LogP contribution in [0.4, 0.5) is 5.69 Å². The van der Waals surface area contributed by atoms with Gasteiger partial charge >= 0.3 is 5.97 Å². The third kappa shape index (κ3) is 4.04. The molecule has 0 heterocycles. The van der Waals surface area contributed by atoms with Crippen molar-refractivity contribution in [3.8, 4) is 0 Å². The molecule has 2 aliphatic rings. The van der Waals surface area contributed by atoms with Crippen LogP contribution in [0.3, 0.4) is 0 Å². The van der Waals surface area contributed by atoms with Gasteiger partial charge in [-0.3, -0.25) is 0 Å². The van der Waals surface area contributed by atoms with Crippen LogP contribution in [0.25, 0.3) is 0 Å². The van der Waals surface area contributed by atoms with Gasteiger partial charge in [-0.25, -0.2) is 4.79 Å². The number of ether oxygens (including phenoxy) is 1. The second-order valence-electron chi connectivity index (χ2n) is 9.73. The predicted molar refractivity (Wildman–Crippen MR) is 129 cm³/mol. The molecule has 1 atom stereocenters. The van der Waals surface area contributed by atoms with E-state index in [1.54, 1.807) is 0 Å². The van der Waals surface area contributed by atoms with Crippen LogP contribution in [-0.2, 0) is 21.4 Å². The number of aliphatic hydroxyl groups excluding tert-OH is 1. The summed E-state index contributed by atoms with van der Waals surface area (Å²) in [5, 5.41) is 13.6. The number of esters is 1. The van der Waals surface area contributed by atoms with Crippen LogP contribution < -0.4 is 5.32 Å². The fourth-order valence-corrected chi connectivity index (χ4v) is 6.31. The highest BCUT2D eigenvalue weighted by Gasteiger charge is 2.54. The topological polar surface area (TPSA) is 58.6 Å². The molecule has 2 aliphatic carbocycles. The zero-order valence-corrected chi connectivity index (χ0v) is 20.1. The molecule has 4 nitrogen and oxygen atoms in total. The molecular weight excluding hydrogens is 422 g/mol. The Balaban J connectivity index is 1.67. The summed E-state index contributed by atoms with van der Waals surface area (Å²) in [7, 11) is 1.47. The van der Waals surface area contributed by atoms with Crippen LogP contribution in [0, 0.1) is 19.8 Å². The second kappa shape index (κ2) is 9.07. The van der Waals surface area contributed by atoms with E-state index in [1.807, 2.05) is 24.3 Å². The summed E-state index contributed by atoms with van der Waals surface area (Å²) in [6, 6.07) is 12.3. The van der Waals surface area contributed by atoms with Crippen molar-refractivity contribution >= 4 is 23.3 Å². The monoisotopic (exact) mass is 455 g/mol. The van der Waals surface area contributed by atoms with E-state index in [0.717, 1.165) is 37.8 Å². The summed E-state index contributed by atoms with van der Waals surface area (Å²) in [4.78, 5) is 13.0. The Morgan fingerprint density at radius 1 is 1.16 bits per heavy atom. The van der Waals surface area contributed by atoms with Gasteiger partial charge in [-0.05, 0) is 111 Å². The maximum absolute atomic E-state index is 13.0. The lowest BCUT2D eigenvalue weighted by atomic mass is 9.60. The number of nitrogens with one attached hydrogen (secondary N) is 1. The zero-order valence-electron chi connectivity index (χ0n) is 19.3. The van der Waals surface area contributed by atoms with E-state index < -0.39 is 5.54 Å². The summed E-state index contributed by atoms with van der Waals surface area (Å²) < 4.78 is 5.28. The Bertz CT molecular complexity index is 994. The van der Waals surface area contributed by atoms with Crippen LogP contribution in [0.5, 0.6) is 0 Å². The van der Waals surface area contributed by atoms with Gasteiger partial charge in [-0.2, -0.15) is 0 Å². The van der Waals surface area contributed by atoms with E-state index in [2.05, 4.69) is 31.3 Å². The lowest BCUT2D eigenvalue weighted by molar-refractivity contribution is -0.148. The normalized spacial score (nSPS) is 26.7. The summed E-state index contributed by atoms with van der Waals surface area (Å²) in [5.74, 6) is 0.283. The Morgan fingerprint density at radius 2 is 1.88 bits per heavy atom. The standard InChI is InChI=1S/C27H34ClNO3/c1-18-14-20-16-21(6-5-13-30)26(24(20)15-19(18)2)9-11-27(12-10-26,25(31)32-3)29-23-8-4-7-22(28)17-23/h4,7-8,14-15,17,21,29-30H,5-6,9-13,16H2,1-3H3/t21-,26?,27?/m1/s1. The zero-order chi connectivity index (χ0) is 22.9. The van der Waals surface area contributed by atoms with Crippen molar-refractivity contribution < 1.29 is 14.6 Å². The molecule has 0 saturated heterocycles. The molecule has 0 unspecified atom stereocenters. The summed E-state index contributed by atoms with van der Waals surface area (Å²) in [6.45, 7) is 4.59. The van der Waals surface area contributed by atoms with E-state index in [9.17, 15) is 9.90 Å². The van der Waals surface area contributed by atoms with Crippen molar-refractivity contribution in [2.75, 3.05) is 19.0 Å². The fraction of sp³-hybridized carbons (Fsp3) is 0.519. The first kappa shape index (κ1) is 23.1. The van der Waals surface area contributed by atoms with E-state index in [4.69, 9.17) is 16.3 Å². The minimum Gasteiger partial charge on any atom is -0.467 e. The van der Waals surface area contributed by atoms with E-state index >= 15 is 0 Å². The maximum atomic E-state index is 13.0. The number of fused-ring (bicyclic) bond motifs is 2. The minimum atomic E-state index is -0.755. The van der Waals surface area contributed by atoms with Gasteiger partial charge in [-0.15, -0.1) is 0 Å². The molecule has 0 bridgehead atoms. The van der Waals surface area contributed by atoms with Crippen molar-refractivity contribution in [2.24, 2.45) is 5.92 Å². The minimum absolute atomic E-state index is 0.0521. The Kier molecular flexibility index (Phi) is 6.56. The molecule has 0 amide bonds. The Hall–Kier alpha value is -2.04. The number of aryl methyl sites for hydroxylation is 2. The van der Waals surface area contributed by atoms with Gasteiger partial charge in [0.15, 0.2) is 0 Å². The van der Waals surface area contributed by atoms with Gasteiger partial charge in [0.2, 0.25) is 0 Å². The molecule has 1 spiro atoms. The second-order valence-corrected chi connectivity index (χ2v) is 10.2. The number of anilines is 1. The van der Waals surface area contributed by atoms with Crippen molar-refractivity contribution in [3.05, 3.63) is 63.7 Å². The van der Waals surface area contributed by atoms with Gasteiger partial charge in [-0.1, -0.05) is 29.8 Å². The smallest absolute Gasteiger partial charge is 0.331 e. The highest BCUT2D eigenvalue weighted by molar-refractivity contribution is 6.30. The van der Waals surface area contributed by atoms with Crippen LogP contribution in [0.15, 0.2) is 36.4 Å². The number of hydrogen-bond donors (Lipinski definition) is 2. The number of hydrogen-bond acceptors (Lipinski definition) is 4. The van der Waals surface area contributed by atoms with Crippen molar-refractivity contribution in [3.63, 3.8) is 0 Å². The number of carbonyl (C=O) groups is 1. The quantitative estimate of drug-likeness (QED) is 0.545. The first-order valence-electron chi connectivity index (χ1n) is 11.7. The van der Waals surface area contributed by atoms with Crippen molar-refractivity contribution in [1.82, 2.24) is 0 Å². The number of rotatable bonds is 6. The summed E-state index contributed by atoms with van der Waals surface area (Å²) in [5.41, 5.74) is 5.71. The molecule has 2 aromatic carbocycles. The average molecular weight is 456 g/mol. The number of methoxy groups -OCH3 is 1. The van der Waals surface area contributed by atoms with Gasteiger partial charge in [0.25, 0.3) is 0 Å². The molecule has 1 fully saturated rings. The maximum Gasteiger partial charge on any atom is 0.331 e. The van der Waals surface area contributed by atoms with Crippen LogP contribution in [0.1, 0.15) is 60.8 Å². The van der Waals surface area contributed by atoms with Crippen molar-refractivity contribution in [2.45, 2.75) is 69.7 Å². The molecule has 2 N–H and O–H groups in total. The van der Waals surface area contributed by atoms with Gasteiger partial charge in [0.05, 0.1) is 7.11 Å². The Morgan fingerprint density at radius 3 is 2.53 bits per heavy atom. The summed E-state index contributed by atoms with van der Waals surface area (Å²) >= 11 is 6.19. The highest BCUT2D eigenvalue weighted by atomic mass is 35.5. The molecule has 5 heteroatoms. The lowest BCUT2D eigenvalue weighted by Crippen LogP contribution is -2.53. The molecular formula is C27H34ClNO3. The number of halogens is 1. The highest BCUT2D eigenvalue weighted by Crippen LogP contribution is 2.56. The molecule has 172 valence electrons. The third-order valence-corrected chi connectivity index (χ3v) is 8.23. The molecule has 0 radical (unpaired) electrons. The lowest BCUT2D eigenvalue weighted by Gasteiger charge is -2.47. The molecule has 4 rings (SSSR count). The number of carbonyl (C=O) groups excluding carboxylic acids is 1. The molecule has 1 saturated carbocycles. The average Bonchev–Trinajstić information content (AvgIpc) is 3.06. The van der Waals surface area contributed by atoms with Gasteiger partial charge < -0.3 is 15.2 Å². The van der Waals surface area contributed by atoms with E-state index in [1.165, 1.54) is 29.4 Å². The number of benzene rings is 2. The van der Waals surface area contributed by atoms with Crippen LogP contribution in [-0.4, -0.2) is 30.3 Å². The molecule has 0 aromatic heterocycles. The first-order chi connectivity index (χ1) is 15.3. The molecule has 32 heavy (non-hydrogen) atoms. The van der Waals surface area contributed by atoms with Crippen LogP contribution in [0.2, 0.25) is 5.02 Å². The Labute approximate surface area is 196 Å². The number of aliphatic hydroxyl groups is 1. The van der Waals surface area contributed by atoms with E-state index in [-0.39, 0.29) is 18.0 Å². The van der Waals surface area contributed by atoms with E-state index in [0.29, 0.717) is 23.8 Å². The van der Waals surface area contributed by atoms with Crippen molar-refractivity contribution in [1.29, 1.82) is 0 Å². The molecule has 0 aliphatic heterocycles. The fourth-order valence-electron chi connectivity index (χ4n) is 6.12. The first-order valence-corrected chi connectivity index (χ1v) is 12.0. The largest absolute Gasteiger partial charge is 0.467 e. The predicted octanol–water partition coefficient (Wildman–Crippen LogP) is 5.74. The SMILES string of the molecule is COC(=O)C1(Nc2cccc(Cl)c2)CCC2(CC1)c1cc(C)c(C)cc1C[C@H]2CCCO. The third-order valence-electron chi connectivity index (χ3n) is 7.99. The van der Waals surface area contributed by atoms with Crippen LogP contribution >= 0.6 is 11.6 Å². The van der Waals surface area contributed by atoms with Gasteiger partial charge in [0, 0.05) is 17.3 Å². The summed E-state index contributed by atoms with van der Waals surface area (Å²) in [6.07, 6.45) is 6.13. The van der Waals surface area contributed by atoms with Gasteiger partial charge in [0.1, 0.15) is 5.54 Å².